The maximum Gasteiger partial charge on any atom is 0.0780 e. The highest BCUT2D eigenvalue weighted by Gasteiger charge is 2.22. The minimum atomic E-state index is 0.413. The van der Waals surface area contributed by atoms with Crippen LogP contribution in [0.15, 0.2) is 12.1 Å². The van der Waals surface area contributed by atoms with Crippen molar-refractivity contribution in [2.45, 2.75) is 39.3 Å². The van der Waals surface area contributed by atoms with E-state index in [9.17, 15) is 0 Å². The number of morpholine rings is 1. The van der Waals surface area contributed by atoms with Gasteiger partial charge in [-0.05, 0) is 39.1 Å². The minimum absolute atomic E-state index is 0.413. The maximum atomic E-state index is 5.54. The summed E-state index contributed by atoms with van der Waals surface area (Å²) in [5, 5.41) is 0. The molecule has 2 rings (SSSR count). The molecule has 1 aromatic rings. The molecular formula is C16H27N3O. The van der Waals surface area contributed by atoms with Crippen LogP contribution >= 0.6 is 0 Å². The van der Waals surface area contributed by atoms with Crippen molar-refractivity contribution in [3.63, 3.8) is 0 Å². The molecule has 0 aromatic carbocycles. The van der Waals surface area contributed by atoms with E-state index in [4.69, 9.17) is 9.72 Å². The lowest BCUT2D eigenvalue weighted by Crippen LogP contribution is -2.44. The molecule has 1 fully saturated rings. The van der Waals surface area contributed by atoms with Gasteiger partial charge in [-0.15, -0.1) is 0 Å². The predicted octanol–water partition coefficient (Wildman–Crippen LogP) is 2.49. The van der Waals surface area contributed by atoms with Crippen molar-refractivity contribution in [1.29, 1.82) is 0 Å². The van der Waals surface area contributed by atoms with Gasteiger partial charge in [0.1, 0.15) is 0 Å². The van der Waals surface area contributed by atoms with E-state index in [1.807, 2.05) is 0 Å². The second kappa shape index (κ2) is 6.55. The molecule has 0 bridgehead atoms. The zero-order valence-corrected chi connectivity index (χ0v) is 13.4. The van der Waals surface area contributed by atoms with Crippen LogP contribution in [0.25, 0.3) is 0 Å². The average molecular weight is 277 g/mol. The van der Waals surface area contributed by atoms with Crippen LogP contribution in [0, 0.1) is 0 Å². The van der Waals surface area contributed by atoms with Crippen molar-refractivity contribution in [2.75, 3.05) is 38.8 Å². The molecule has 0 saturated carbocycles. The number of nitrogens with zero attached hydrogens (tertiary/aromatic N) is 3. The fourth-order valence-electron chi connectivity index (χ4n) is 2.59. The van der Waals surface area contributed by atoms with Crippen LogP contribution in [0.2, 0.25) is 0 Å². The van der Waals surface area contributed by atoms with Gasteiger partial charge in [0.05, 0.1) is 24.6 Å². The van der Waals surface area contributed by atoms with E-state index in [0.29, 0.717) is 12.0 Å². The molecule has 2 heterocycles. The Kier molecular flexibility index (Phi) is 5.00. The third-order valence-electron chi connectivity index (χ3n) is 3.71. The number of pyridine rings is 1. The summed E-state index contributed by atoms with van der Waals surface area (Å²) in [6, 6.07) is 4.82. The SMILES string of the molecule is CC(C)c1ccc(N2CCOCC2C)c(CN(C)C)n1. The smallest absolute Gasteiger partial charge is 0.0780 e. The van der Waals surface area contributed by atoms with Crippen LogP contribution in [0.3, 0.4) is 0 Å². The standard InChI is InChI=1S/C16H27N3O/c1-12(2)14-6-7-16(15(17-14)10-18(4)5)19-8-9-20-11-13(19)3/h6-7,12-13H,8-11H2,1-5H3. The van der Waals surface area contributed by atoms with E-state index in [-0.39, 0.29) is 0 Å². The zero-order valence-electron chi connectivity index (χ0n) is 13.4. The Morgan fingerprint density at radius 2 is 2.15 bits per heavy atom. The Morgan fingerprint density at radius 1 is 1.40 bits per heavy atom. The van der Waals surface area contributed by atoms with Crippen LogP contribution in [0.5, 0.6) is 0 Å². The van der Waals surface area contributed by atoms with Gasteiger partial charge in [-0.2, -0.15) is 0 Å². The molecule has 1 aliphatic heterocycles. The molecule has 1 saturated heterocycles. The first kappa shape index (κ1) is 15.3. The van der Waals surface area contributed by atoms with Crippen molar-refractivity contribution in [1.82, 2.24) is 9.88 Å². The first-order valence-corrected chi connectivity index (χ1v) is 7.48. The van der Waals surface area contributed by atoms with Gasteiger partial charge in [0.15, 0.2) is 0 Å². The molecule has 1 aromatic heterocycles. The Labute approximate surface area is 122 Å². The summed E-state index contributed by atoms with van der Waals surface area (Å²) < 4.78 is 5.54. The molecule has 0 radical (unpaired) electrons. The summed E-state index contributed by atoms with van der Waals surface area (Å²) in [7, 11) is 4.19. The average Bonchev–Trinajstić information content (AvgIpc) is 2.39. The lowest BCUT2D eigenvalue weighted by atomic mass is 10.1. The molecule has 0 amide bonds. The van der Waals surface area contributed by atoms with Crippen LogP contribution in [-0.2, 0) is 11.3 Å². The molecule has 0 spiro atoms. The summed E-state index contributed by atoms with van der Waals surface area (Å²) in [6.45, 7) is 10.0. The van der Waals surface area contributed by atoms with Gasteiger partial charge in [-0.25, -0.2) is 0 Å². The van der Waals surface area contributed by atoms with Crippen molar-refractivity contribution in [3.8, 4) is 0 Å². The van der Waals surface area contributed by atoms with E-state index < -0.39 is 0 Å². The molecule has 0 aliphatic carbocycles. The maximum absolute atomic E-state index is 5.54. The fourth-order valence-corrected chi connectivity index (χ4v) is 2.59. The molecule has 112 valence electrons. The van der Waals surface area contributed by atoms with Crippen molar-refractivity contribution < 1.29 is 4.74 Å². The van der Waals surface area contributed by atoms with Gasteiger partial charge >= 0.3 is 0 Å². The summed E-state index contributed by atoms with van der Waals surface area (Å²) in [5.74, 6) is 0.465. The molecule has 4 heteroatoms. The third kappa shape index (κ3) is 3.49. The number of rotatable bonds is 4. The molecule has 1 aliphatic rings. The van der Waals surface area contributed by atoms with E-state index in [0.717, 1.165) is 26.3 Å². The van der Waals surface area contributed by atoms with Gasteiger partial charge in [-0.1, -0.05) is 13.8 Å². The van der Waals surface area contributed by atoms with Crippen molar-refractivity contribution >= 4 is 5.69 Å². The highest BCUT2D eigenvalue weighted by molar-refractivity contribution is 5.52. The predicted molar refractivity (Wildman–Crippen MR) is 83.3 cm³/mol. The Balaban J connectivity index is 2.34. The first-order valence-electron chi connectivity index (χ1n) is 7.48. The van der Waals surface area contributed by atoms with Gasteiger partial charge < -0.3 is 14.5 Å². The Morgan fingerprint density at radius 3 is 2.75 bits per heavy atom. The summed E-state index contributed by atoms with van der Waals surface area (Å²) in [5.41, 5.74) is 3.61. The zero-order chi connectivity index (χ0) is 14.7. The summed E-state index contributed by atoms with van der Waals surface area (Å²) in [4.78, 5) is 9.51. The molecule has 0 N–H and O–H groups in total. The number of ether oxygens (including phenoxy) is 1. The number of anilines is 1. The number of hydrogen-bond acceptors (Lipinski definition) is 4. The second-order valence-electron chi connectivity index (χ2n) is 6.21. The molecular weight excluding hydrogens is 250 g/mol. The molecule has 20 heavy (non-hydrogen) atoms. The van der Waals surface area contributed by atoms with Gasteiger partial charge in [0.2, 0.25) is 0 Å². The quantitative estimate of drug-likeness (QED) is 0.845. The van der Waals surface area contributed by atoms with E-state index in [1.54, 1.807) is 0 Å². The van der Waals surface area contributed by atoms with Gasteiger partial charge in [0.25, 0.3) is 0 Å². The fraction of sp³-hybridized carbons (Fsp3) is 0.688. The Hall–Kier alpha value is -1.13. The van der Waals surface area contributed by atoms with E-state index in [2.05, 4.69) is 56.8 Å². The first-order chi connectivity index (χ1) is 9.49. The normalized spacial score (nSPS) is 19.9. The van der Waals surface area contributed by atoms with Gasteiger partial charge in [-0.3, -0.25) is 4.98 Å². The monoisotopic (exact) mass is 277 g/mol. The summed E-state index contributed by atoms with van der Waals surface area (Å²) in [6.07, 6.45) is 0. The van der Waals surface area contributed by atoms with Crippen LogP contribution in [-0.4, -0.2) is 49.8 Å². The van der Waals surface area contributed by atoms with Crippen molar-refractivity contribution in [2.24, 2.45) is 0 Å². The Bertz CT molecular complexity index is 445. The second-order valence-corrected chi connectivity index (χ2v) is 6.21. The topological polar surface area (TPSA) is 28.6 Å². The van der Waals surface area contributed by atoms with Crippen LogP contribution < -0.4 is 4.90 Å². The largest absolute Gasteiger partial charge is 0.377 e. The highest BCUT2D eigenvalue weighted by Crippen LogP contribution is 2.26. The van der Waals surface area contributed by atoms with E-state index in [1.165, 1.54) is 17.1 Å². The molecule has 1 unspecified atom stereocenters. The van der Waals surface area contributed by atoms with Crippen molar-refractivity contribution in [3.05, 3.63) is 23.5 Å². The minimum Gasteiger partial charge on any atom is -0.377 e. The van der Waals surface area contributed by atoms with Gasteiger partial charge in [0, 0.05) is 24.8 Å². The van der Waals surface area contributed by atoms with E-state index >= 15 is 0 Å². The summed E-state index contributed by atoms with van der Waals surface area (Å²) >= 11 is 0. The molecule has 4 nitrogen and oxygen atoms in total. The number of aromatic nitrogens is 1. The lowest BCUT2D eigenvalue weighted by molar-refractivity contribution is 0.0987. The van der Waals surface area contributed by atoms with Crippen LogP contribution in [0.4, 0.5) is 5.69 Å². The third-order valence-corrected chi connectivity index (χ3v) is 3.71. The molecule has 1 atom stereocenters. The lowest BCUT2D eigenvalue weighted by Gasteiger charge is -2.36. The highest BCUT2D eigenvalue weighted by atomic mass is 16.5. The van der Waals surface area contributed by atoms with Crippen LogP contribution in [0.1, 0.15) is 38.1 Å². The number of hydrogen-bond donors (Lipinski definition) is 0.